The Bertz CT molecular complexity index is 638. The van der Waals surface area contributed by atoms with E-state index in [0.29, 0.717) is 5.92 Å². The second-order valence-electron chi connectivity index (χ2n) is 5.75. The van der Waals surface area contributed by atoms with E-state index in [1.165, 1.54) is 11.3 Å². The van der Waals surface area contributed by atoms with Gasteiger partial charge < -0.3 is 10.2 Å². The topological polar surface area (TPSA) is 41.1 Å². The Balaban J connectivity index is 2.07. The first-order valence-electron chi connectivity index (χ1n) is 7.61. The normalized spacial score (nSPS) is 17.5. The third kappa shape index (κ3) is 2.58. The molecule has 4 nitrogen and oxygen atoms in total. The van der Waals surface area contributed by atoms with Crippen molar-refractivity contribution < 1.29 is 0 Å². The van der Waals surface area contributed by atoms with Gasteiger partial charge in [-0.3, -0.25) is 0 Å². The molecule has 1 aromatic heterocycles. The molecule has 21 heavy (non-hydrogen) atoms. The highest BCUT2D eigenvalue weighted by Gasteiger charge is 2.25. The van der Waals surface area contributed by atoms with Crippen molar-refractivity contribution in [2.45, 2.75) is 27.2 Å². The van der Waals surface area contributed by atoms with Gasteiger partial charge in [-0.25, -0.2) is 9.97 Å². The highest BCUT2D eigenvalue weighted by molar-refractivity contribution is 5.70. The van der Waals surface area contributed by atoms with Crippen molar-refractivity contribution in [1.82, 2.24) is 9.97 Å². The van der Waals surface area contributed by atoms with Crippen LogP contribution in [0.2, 0.25) is 0 Å². The quantitative estimate of drug-likeness (QED) is 0.934. The van der Waals surface area contributed by atoms with Crippen molar-refractivity contribution in [2.75, 3.05) is 23.3 Å². The molecule has 1 N–H and O–H groups in total. The van der Waals surface area contributed by atoms with Crippen LogP contribution in [0.5, 0.6) is 0 Å². The summed E-state index contributed by atoms with van der Waals surface area (Å²) in [6, 6.07) is 8.63. The van der Waals surface area contributed by atoms with E-state index in [1.807, 2.05) is 0 Å². The standard InChI is InChI=1S/C17H22N4/c1-4-18-16-13(3)17(20-11-19-16)21-10-12(2)9-14-7-5-6-8-15(14)21/h5-8,11-12H,4,9-10H2,1-3H3,(H,18,19,20). The molecule has 110 valence electrons. The first-order valence-corrected chi connectivity index (χ1v) is 7.61. The molecule has 0 saturated carbocycles. The van der Waals surface area contributed by atoms with Crippen molar-refractivity contribution in [1.29, 1.82) is 0 Å². The minimum absolute atomic E-state index is 0.622. The average molecular weight is 282 g/mol. The molecule has 0 amide bonds. The van der Waals surface area contributed by atoms with Crippen LogP contribution in [0.25, 0.3) is 0 Å². The molecule has 1 unspecified atom stereocenters. The molecule has 0 saturated heterocycles. The minimum atomic E-state index is 0.622. The van der Waals surface area contributed by atoms with Gasteiger partial charge in [0.05, 0.1) is 0 Å². The molecule has 2 heterocycles. The van der Waals surface area contributed by atoms with E-state index in [2.05, 4.69) is 65.2 Å². The summed E-state index contributed by atoms with van der Waals surface area (Å²) >= 11 is 0. The van der Waals surface area contributed by atoms with E-state index in [0.717, 1.165) is 36.7 Å². The largest absolute Gasteiger partial charge is 0.370 e. The van der Waals surface area contributed by atoms with Gasteiger partial charge in [-0.2, -0.15) is 0 Å². The van der Waals surface area contributed by atoms with E-state index in [9.17, 15) is 0 Å². The van der Waals surface area contributed by atoms with E-state index < -0.39 is 0 Å². The Morgan fingerprint density at radius 2 is 2.10 bits per heavy atom. The van der Waals surface area contributed by atoms with Gasteiger partial charge in [0.2, 0.25) is 0 Å². The molecular weight excluding hydrogens is 260 g/mol. The average Bonchev–Trinajstić information content (AvgIpc) is 2.49. The highest BCUT2D eigenvalue weighted by Crippen LogP contribution is 2.36. The Kier molecular flexibility index (Phi) is 3.78. The van der Waals surface area contributed by atoms with Crippen molar-refractivity contribution in [3.63, 3.8) is 0 Å². The van der Waals surface area contributed by atoms with Gasteiger partial charge in [-0.1, -0.05) is 25.1 Å². The number of nitrogens with one attached hydrogen (secondary N) is 1. The molecule has 0 radical (unpaired) electrons. The third-order valence-corrected chi connectivity index (χ3v) is 4.00. The molecular formula is C17H22N4. The number of nitrogens with zero attached hydrogens (tertiary/aromatic N) is 3. The number of aromatic nitrogens is 2. The van der Waals surface area contributed by atoms with Crippen LogP contribution in [0.1, 0.15) is 25.0 Å². The maximum Gasteiger partial charge on any atom is 0.141 e. The highest BCUT2D eigenvalue weighted by atomic mass is 15.2. The van der Waals surface area contributed by atoms with Crippen LogP contribution < -0.4 is 10.2 Å². The van der Waals surface area contributed by atoms with Crippen molar-refractivity contribution >= 4 is 17.3 Å². The van der Waals surface area contributed by atoms with Crippen molar-refractivity contribution in [3.8, 4) is 0 Å². The molecule has 1 aliphatic heterocycles. The molecule has 1 aliphatic rings. The molecule has 4 heteroatoms. The number of hydrogen-bond acceptors (Lipinski definition) is 4. The molecule has 0 spiro atoms. The monoisotopic (exact) mass is 282 g/mol. The summed E-state index contributed by atoms with van der Waals surface area (Å²) in [5.74, 6) is 2.56. The van der Waals surface area contributed by atoms with Gasteiger partial charge >= 0.3 is 0 Å². The molecule has 3 rings (SSSR count). The zero-order chi connectivity index (χ0) is 14.8. The first-order chi connectivity index (χ1) is 10.2. The third-order valence-electron chi connectivity index (χ3n) is 4.00. The number of para-hydroxylation sites is 1. The minimum Gasteiger partial charge on any atom is -0.370 e. The fourth-order valence-electron chi connectivity index (χ4n) is 3.06. The summed E-state index contributed by atoms with van der Waals surface area (Å²) < 4.78 is 0. The Labute approximate surface area is 126 Å². The molecule has 0 fully saturated rings. The Morgan fingerprint density at radius 1 is 1.29 bits per heavy atom. The fourth-order valence-corrected chi connectivity index (χ4v) is 3.06. The lowest BCUT2D eigenvalue weighted by Gasteiger charge is -2.35. The van der Waals surface area contributed by atoms with Crippen molar-refractivity contribution in [3.05, 3.63) is 41.7 Å². The van der Waals surface area contributed by atoms with Crippen LogP contribution in [0.15, 0.2) is 30.6 Å². The van der Waals surface area contributed by atoms with Crippen LogP contribution in [0.3, 0.4) is 0 Å². The fraction of sp³-hybridized carbons (Fsp3) is 0.412. The first kappa shape index (κ1) is 13.9. The van der Waals surface area contributed by atoms with Crippen LogP contribution in [0.4, 0.5) is 17.3 Å². The molecule has 1 aromatic carbocycles. The van der Waals surface area contributed by atoms with Crippen LogP contribution in [-0.4, -0.2) is 23.1 Å². The van der Waals surface area contributed by atoms with Crippen LogP contribution in [0, 0.1) is 12.8 Å². The predicted molar refractivity (Wildman–Crippen MR) is 87.2 cm³/mol. The van der Waals surface area contributed by atoms with E-state index in [1.54, 1.807) is 6.33 Å². The lowest BCUT2D eigenvalue weighted by atomic mass is 9.93. The Morgan fingerprint density at radius 3 is 2.90 bits per heavy atom. The summed E-state index contributed by atoms with van der Waals surface area (Å²) in [5.41, 5.74) is 3.79. The number of benzene rings is 1. The molecule has 0 aliphatic carbocycles. The van der Waals surface area contributed by atoms with Gasteiger partial charge in [0.1, 0.15) is 18.0 Å². The van der Waals surface area contributed by atoms with Crippen molar-refractivity contribution in [2.24, 2.45) is 5.92 Å². The maximum atomic E-state index is 4.55. The Hall–Kier alpha value is -2.10. The predicted octanol–water partition coefficient (Wildman–Crippen LogP) is 3.55. The lowest BCUT2D eigenvalue weighted by molar-refractivity contribution is 0.559. The van der Waals surface area contributed by atoms with E-state index in [4.69, 9.17) is 0 Å². The van der Waals surface area contributed by atoms with E-state index in [-0.39, 0.29) is 0 Å². The number of fused-ring (bicyclic) bond motifs is 1. The summed E-state index contributed by atoms with van der Waals surface area (Å²) in [6.07, 6.45) is 2.79. The summed E-state index contributed by atoms with van der Waals surface area (Å²) in [5, 5.41) is 3.31. The number of anilines is 3. The van der Waals surface area contributed by atoms with E-state index >= 15 is 0 Å². The maximum absolute atomic E-state index is 4.55. The number of hydrogen-bond donors (Lipinski definition) is 1. The second kappa shape index (κ2) is 5.72. The summed E-state index contributed by atoms with van der Waals surface area (Å²) in [7, 11) is 0. The van der Waals surface area contributed by atoms with Crippen LogP contribution >= 0.6 is 0 Å². The zero-order valence-corrected chi connectivity index (χ0v) is 12.9. The summed E-state index contributed by atoms with van der Waals surface area (Å²) in [6.45, 7) is 8.34. The zero-order valence-electron chi connectivity index (χ0n) is 12.9. The number of rotatable bonds is 3. The smallest absolute Gasteiger partial charge is 0.141 e. The molecule has 1 atom stereocenters. The van der Waals surface area contributed by atoms with Gasteiger partial charge in [-0.05, 0) is 37.8 Å². The van der Waals surface area contributed by atoms with Gasteiger partial charge in [0, 0.05) is 24.3 Å². The van der Waals surface area contributed by atoms with Gasteiger partial charge in [0.15, 0.2) is 0 Å². The SMILES string of the molecule is CCNc1ncnc(N2CC(C)Cc3ccccc32)c1C. The van der Waals surface area contributed by atoms with Gasteiger partial charge in [-0.15, -0.1) is 0 Å². The van der Waals surface area contributed by atoms with Gasteiger partial charge in [0.25, 0.3) is 0 Å². The lowest BCUT2D eigenvalue weighted by Crippen LogP contribution is -2.31. The molecule has 0 bridgehead atoms. The summed E-state index contributed by atoms with van der Waals surface area (Å²) in [4.78, 5) is 11.2. The second-order valence-corrected chi connectivity index (χ2v) is 5.75. The van der Waals surface area contributed by atoms with Crippen LogP contribution in [-0.2, 0) is 6.42 Å². The molecule has 2 aromatic rings.